The molecule has 2 atom stereocenters. The summed E-state index contributed by atoms with van der Waals surface area (Å²) in [5.74, 6) is -0.0580. The quantitative estimate of drug-likeness (QED) is 0.678. The standard InChI is InChI=1S/C12H20N2O2/c1-3-16-12(15)11-5-4-6-14(9-11)8-10(2)7-13/h10-11H,3-6,8-9H2,1-2H3. The number of carbonyl (C=O) groups is 1. The lowest BCUT2D eigenvalue weighted by Crippen LogP contribution is -2.41. The van der Waals surface area contributed by atoms with Gasteiger partial charge < -0.3 is 9.64 Å². The topological polar surface area (TPSA) is 53.3 Å². The van der Waals surface area contributed by atoms with Gasteiger partial charge in [-0.1, -0.05) is 0 Å². The Kier molecular flexibility index (Phi) is 5.27. The summed E-state index contributed by atoms with van der Waals surface area (Å²) >= 11 is 0. The van der Waals surface area contributed by atoms with E-state index < -0.39 is 0 Å². The molecular weight excluding hydrogens is 204 g/mol. The third-order valence-corrected chi connectivity index (χ3v) is 2.88. The molecule has 0 N–H and O–H groups in total. The summed E-state index contributed by atoms with van der Waals surface area (Å²) in [5.41, 5.74) is 0. The number of carbonyl (C=O) groups excluding carboxylic acids is 1. The molecular formula is C12H20N2O2. The van der Waals surface area contributed by atoms with Crippen LogP contribution >= 0.6 is 0 Å². The molecule has 0 spiro atoms. The van der Waals surface area contributed by atoms with Gasteiger partial charge in [0.25, 0.3) is 0 Å². The van der Waals surface area contributed by atoms with Gasteiger partial charge in [0.05, 0.1) is 24.5 Å². The van der Waals surface area contributed by atoms with Crippen LogP contribution in [0, 0.1) is 23.2 Å². The zero-order chi connectivity index (χ0) is 12.0. The number of ether oxygens (including phenoxy) is 1. The summed E-state index contributed by atoms with van der Waals surface area (Å²) in [6, 6.07) is 2.22. The number of nitriles is 1. The van der Waals surface area contributed by atoms with E-state index in [1.165, 1.54) is 0 Å². The van der Waals surface area contributed by atoms with Gasteiger partial charge in [-0.05, 0) is 33.2 Å². The highest BCUT2D eigenvalue weighted by atomic mass is 16.5. The molecule has 2 unspecified atom stereocenters. The summed E-state index contributed by atoms with van der Waals surface area (Å²) in [6.45, 7) is 6.67. The number of esters is 1. The first kappa shape index (κ1) is 13.0. The zero-order valence-electron chi connectivity index (χ0n) is 10.1. The third-order valence-electron chi connectivity index (χ3n) is 2.88. The summed E-state index contributed by atoms with van der Waals surface area (Å²) in [7, 11) is 0. The van der Waals surface area contributed by atoms with E-state index in [-0.39, 0.29) is 17.8 Å². The molecule has 0 aromatic heterocycles. The van der Waals surface area contributed by atoms with Crippen molar-refractivity contribution in [3.8, 4) is 6.07 Å². The van der Waals surface area contributed by atoms with Gasteiger partial charge in [0.1, 0.15) is 0 Å². The number of hydrogen-bond donors (Lipinski definition) is 0. The number of likely N-dealkylation sites (tertiary alicyclic amines) is 1. The molecule has 1 aliphatic heterocycles. The van der Waals surface area contributed by atoms with Gasteiger partial charge in [-0.3, -0.25) is 4.79 Å². The normalized spacial score (nSPS) is 23.4. The summed E-state index contributed by atoms with van der Waals surface area (Å²) in [6.07, 6.45) is 1.93. The summed E-state index contributed by atoms with van der Waals surface area (Å²) < 4.78 is 5.03. The lowest BCUT2D eigenvalue weighted by Gasteiger charge is -2.31. The largest absolute Gasteiger partial charge is 0.466 e. The maximum atomic E-state index is 11.6. The maximum absolute atomic E-state index is 11.6. The molecule has 1 rings (SSSR count). The molecule has 16 heavy (non-hydrogen) atoms. The van der Waals surface area contributed by atoms with E-state index in [1.807, 2.05) is 13.8 Å². The van der Waals surface area contributed by atoms with Crippen molar-refractivity contribution in [2.24, 2.45) is 11.8 Å². The minimum absolute atomic E-state index is 0.000377. The minimum atomic E-state index is -0.0863. The smallest absolute Gasteiger partial charge is 0.310 e. The predicted molar refractivity (Wildman–Crippen MR) is 60.6 cm³/mol. The van der Waals surface area contributed by atoms with Gasteiger partial charge in [0.15, 0.2) is 0 Å². The van der Waals surface area contributed by atoms with Crippen LogP contribution in [0.4, 0.5) is 0 Å². The average Bonchev–Trinajstić information content (AvgIpc) is 2.29. The molecule has 1 fully saturated rings. The monoisotopic (exact) mass is 224 g/mol. The van der Waals surface area contributed by atoms with Crippen molar-refractivity contribution in [2.75, 3.05) is 26.2 Å². The first-order valence-electron chi connectivity index (χ1n) is 5.96. The van der Waals surface area contributed by atoms with Gasteiger partial charge in [-0.25, -0.2) is 0 Å². The molecule has 0 saturated carbocycles. The Morgan fingerprint density at radius 1 is 1.69 bits per heavy atom. The molecule has 0 bridgehead atoms. The Hall–Kier alpha value is -1.08. The van der Waals surface area contributed by atoms with E-state index in [1.54, 1.807) is 0 Å². The van der Waals surface area contributed by atoms with Crippen LogP contribution in [-0.4, -0.2) is 37.1 Å². The maximum Gasteiger partial charge on any atom is 0.310 e. The van der Waals surface area contributed by atoms with Crippen molar-refractivity contribution >= 4 is 5.97 Å². The lowest BCUT2D eigenvalue weighted by atomic mass is 9.97. The molecule has 0 aliphatic carbocycles. The number of piperidine rings is 1. The first-order valence-corrected chi connectivity index (χ1v) is 5.96. The Bertz CT molecular complexity index is 273. The summed E-state index contributed by atoms with van der Waals surface area (Å²) in [4.78, 5) is 13.8. The molecule has 4 nitrogen and oxygen atoms in total. The Morgan fingerprint density at radius 2 is 2.44 bits per heavy atom. The van der Waals surface area contributed by atoms with E-state index in [0.717, 1.165) is 32.5 Å². The second-order valence-electron chi connectivity index (χ2n) is 4.38. The molecule has 0 aromatic rings. The van der Waals surface area contributed by atoms with E-state index in [2.05, 4.69) is 11.0 Å². The van der Waals surface area contributed by atoms with Gasteiger partial charge in [-0.15, -0.1) is 0 Å². The van der Waals surface area contributed by atoms with Crippen molar-refractivity contribution in [1.82, 2.24) is 4.90 Å². The van der Waals surface area contributed by atoms with Crippen molar-refractivity contribution in [3.05, 3.63) is 0 Å². The first-order chi connectivity index (χ1) is 7.67. The number of hydrogen-bond acceptors (Lipinski definition) is 4. The second-order valence-corrected chi connectivity index (χ2v) is 4.38. The van der Waals surface area contributed by atoms with Gasteiger partial charge in [0.2, 0.25) is 0 Å². The fourth-order valence-electron chi connectivity index (χ4n) is 2.10. The van der Waals surface area contributed by atoms with Crippen LogP contribution in [0.2, 0.25) is 0 Å². The lowest BCUT2D eigenvalue weighted by molar-refractivity contribution is -0.149. The fourth-order valence-corrected chi connectivity index (χ4v) is 2.10. The highest BCUT2D eigenvalue weighted by molar-refractivity contribution is 5.72. The average molecular weight is 224 g/mol. The zero-order valence-corrected chi connectivity index (χ0v) is 10.1. The molecule has 1 saturated heterocycles. The van der Waals surface area contributed by atoms with Crippen LogP contribution in [0.3, 0.4) is 0 Å². The Morgan fingerprint density at radius 3 is 3.06 bits per heavy atom. The predicted octanol–water partition coefficient (Wildman–Crippen LogP) is 1.42. The molecule has 1 aliphatic rings. The third kappa shape index (κ3) is 3.82. The van der Waals surface area contributed by atoms with Crippen LogP contribution in [0.15, 0.2) is 0 Å². The van der Waals surface area contributed by atoms with E-state index in [9.17, 15) is 4.79 Å². The van der Waals surface area contributed by atoms with Crippen LogP contribution in [0.25, 0.3) is 0 Å². The number of rotatable bonds is 4. The van der Waals surface area contributed by atoms with Gasteiger partial charge >= 0.3 is 5.97 Å². The van der Waals surface area contributed by atoms with E-state index >= 15 is 0 Å². The minimum Gasteiger partial charge on any atom is -0.466 e. The Balaban J connectivity index is 2.41. The van der Waals surface area contributed by atoms with Gasteiger partial charge in [0, 0.05) is 13.1 Å². The molecule has 4 heteroatoms. The molecule has 0 aromatic carbocycles. The number of nitrogens with zero attached hydrogens (tertiary/aromatic N) is 2. The van der Waals surface area contributed by atoms with E-state index in [0.29, 0.717) is 6.61 Å². The van der Waals surface area contributed by atoms with Crippen molar-refractivity contribution in [2.45, 2.75) is 26.7 Å². The highest BCUT2D eigenvalue weighted by Gasteiger charge is 2.27. The summed E-state index contributed by atoms with van der Waals surface area (Å²) in [5, 5.41) is 8.76. The van der Waals surface area contributed by atoms with Crippen molar-refractivity contribution in [3.63, 3.8) is 0 Å². The van der Waals surface area contributed by atoms with Crippen LogP contribution in [0.1, 0.15) is 26.7 Å². The Labute approximate surface area is 97.2 Å². The van der Waals surface area contributed by atoms with Crippen LogP contribution in [-0.2, 0) is 9.53 Å². The molecule has 0 radical (unpaired) electrons. The highest BCUT2D eigenvalue weighted by Crippen LogP contribution is 2.18. The van der Waals surface area contributed by atoms with Crippen molar-refractivity contribution < 1.29 is 9.53 Å². The molecule has 0 amide bonds. The van der Waals surface area contributed by atoms with Crippen LogP contribution in [0.5, 0.6) is 0 Å². The van der Waals surface area contributed by atoms with E-state index in [4.69, 9.17) is 10.00 Å². The van der Waals surface area contributed by atoms with Crippen molar-refractivity contribution in [1.29, 1.82) is 5.26 Å². The second kappa shape index (κ2) is 6.49. The fraction of sp³-hybridized carbons (Fsp3) is 0.833. The SMILES string of the molecule is CCOC(=O)C1CCCN(CC(C)C#N)C1. The molecule has 1 heterocycles. The van der Waals surface area contributed by atoms with Gasteiger partial charge in [-0.2, -0.15) is 5.26 Å². The van der Waals surface area contributed by atoms with Crippen LogP contribution < -0.4 is 0 Å². The molecule has 90 valence electrons.